The Bertz CT molecular complexity index is 102. The molecule has 58 valence electrons. The second kappa shape index (κ2) is 2.54. The van der Waals surface area contributed by atoms with Gasteiger partial charge in [-0.15, -0.1) is 0 Å². The molecule has 2 aliphatic carbocycles. The molecule has 0 saturated heterocycles. The highest BCUT2D eigenvalue weighted by molar-refractivity contribution is 4.90. The van der Waals surface area contributed by atoms with Crippen molar-refractivity contribution in [1.82, 2.24) is 0 Å². The van der Waals surface area contributed by atoms with Crippen molar-refractivity contribution in [3.05, 3.63) is 0 Å². The molecule has 0 aromatic carbocycles. The summed E-state index contributed by atoms with van der Waals surface area (Å²) < 4.78 is 0. The molecular weight excluding hydrogens is 124 g/mol. The van der Waals surface area contributed by atoms with Crippen molar-refractivity contribution >= 4 is 0 Å². The highest BCUT2D eigenvalue weighted by Crippen LogP contribution is 2.50. The minimum absolute atomic E-state index is 0.414. The average Bonchev–Trinajstić information content (AvgIpc) is 2.50. The Hall–Kier alpha value is -0.0400. The van der Waals surface area contributed by atoms with E-state index in [-0.39, 0.29) is 0 Å². The van der Waals surface area contributed by atoms with E-state index < -0.39 is 0 Å². The minimum atomic E-state index is 0.414. The van der Waals surface area contributed by atoms with Gasteiger partial charge in [0.2, 0.25) is 0 Å². The SMILES string of the molecule is OCCC1C2CCC1CC2. The van der Waals surface area contributed by atoms with Crippen LogP contribution in [0.15, 0.2) is 0 Å². The van der Waals surface area contributed by atoms with E-state index in [9.17, 15) is 0 Å². The van der Waals surface area contributed by atoms with Gasteiger partial charge in [0.05, 0.1) is 0 Å². The maximum atomic E-state index is 8.79. The van der Waals surface area contributed by atoms with Crippen molar-refractivity contribution in [3.63, 3.8) is 0 Å². The van der Waals surface area contributed by atoms with E-state index in [0.717, 1.165) is 24.2 Å². The van der Waals surface area contributed by atoms with Gasteiger partial charge in [0.1, 0.15) is 0 Å². The maximum absolute atomic E-state index is 8.79. The van der Waals surface area contributed by atoms with Crippen molar-refractivity contribution in [3.8, 4) is 0 Å². The van der Waals surface area contributed by atoms with E-state index in [4.69, 9.17) is 5.11 Å². The van der Waals surface area contributed by atoms with Crippen LogP contribution in [0.4, 0.5) is 0 Å². The molecule has 1 nitrogen and oxygen atoms in total. The summed E-state index contributed by atoms with van der Waals surface area (Å²) in [5, 5.41) is 8.79. The smallest absolute Gasteiger partial charge is 0.0433 e. The number of rotatable bonds is 2. The van der Waals surface area contributed by atoms with Crippen LogP contribution in [0, 0.1) is 17.8 Å². The van der Waals surface area contributed by atoms with E-state index in [1.54, 1.807) is 0 Å². The van der Waals surface area contributed by atoms with Crippen molar-refractivity contribution in [2.45, 2.75) is 32.1 Å². The third-order valence-electron chi connectivity index (χ3n) is 3.49. The summed E-state index contributed by atoms with van der Waals surface area (Å²) in [4.78, 5) is 0. The molecule has 10 heavy (non-hydrogen) atoms. The monoisotopic (exact) mass is 140 g/mol. The van der Waals surface area contributed by atoms with Crippen LogP contribution in [-0.4, -0.2) is 11.7 Å². The molecule has 1 heteroatoms. The number of hydrogen-bond donors (Lipinski definition) is 1. The first kappa shape index (κ1) is 6.66. The van der Waals surface area contributed by atoms with E-state index in [0.29, 0.717) is 6.61 Å². The van der Waals surface area contributed by atoms with Crippen LogP contribution in [0.5, 0.6) is 0 Å². The fourth-order valence-electron chi connectivity index (χ4n) is 3.01. The Morgan fingerprint density at radius 1 is 1.00 bits per heavy atom. The summed E-state index contributed by atoms with van der Waals surface area (Å²) in [6, 6.07) is 0. The quantitative estimate of drug-likeness (QED) is 0.620. The first-order valence-electron chi connectivity index (χ1n) is 4.52. The van der Waals surface area contributed by atoms with Crippen LogP contribution in [0.25, 0.3) is 0 Å². The zero-order chi connectivity index (χ0) is 6.97. The van der Waals surface area contributed by atoms with Crippen molar-refractivity contribution in [1.29, 1.82) is 0 Å². The zero-order valence-corrected chi connectivity index (χ0v) is 6.42. The molecular formula is C9H16O. The third-order valence-corrected chi connectivity index (χ3v) is 3.49. The Morgan fingerprint density at radius 3 is 1.90 bits per heavy atom. The summed E-state index contributed by atoms with van der Waals surface area (Å²) in [7, 11) is 0. The number of hydrogen-bond acceptors (Lipinski definition) is 1. The summed E-state index contributed by atoms with van der Waals surface area (Å²) in [6.45, 7) is 0.414. The second-order valence-corrected chi connectivity index (χ2v) is 3.85. The van der Waals surface area contributed by atoms with Crippen LogP contribution in [0.1, 0.15) is 32.1 Å². The number of fused-ring (bicyclic) bond motifs is 2. The molecule has 0 atom stereocenters. The average molecular weight is 140 g/mol. The molecule has 0 aromatic rings. The Labute approximate surface area is 62.4 Å². The lowest BCUT2D eigenvalue weighted by Gasteiger charge is -2.12. The van der Waals surface area contributed by atoms with Gasteiger partial charge in [-0.2, -0.15) is 0 Å². The molecule has 0 amide bonds. The Morgan fingerprint density at radius 2 is 1.50 bits per heavy atom. The van der Waals surface area contributed by atoms with Gasteiger partial charge in [0.15, 0.2) is 0 Å². The van der Waals surface area contributed by atoms with Crippen LogP contribution >= 0.6 is 0 Å². The molecule has 0 aromatic heterocycles. The van der Waals surface area contributed by atoms with Crippen LogP contribution in [0.2, 0.25) is 0 Å². The Balaban J connectivity index is 1.96. The van der Waals surface area contributed by atoms with E-state index in [1.165, 1.54) is 25.7 Å². The zero-order valence-electron chi connectivity index (χ0n) is 6.42. The first-order chi connectivity index (χ1) is 4.92. The van der Waals surface area contributed by atoms with Crippen molar-refractivity contribution in [2.24, 2.45) is 17.8 Å². The summed E-state index contributed by atoms with van der Waals surface area (Å²) >= 11 is 0. The standard InChI is InChI=1S/C9H16O/c10-6-5-9-7-1-2-8(9)4-3-7/h7-10H,1-6H2. The van der Waals surface area contributed by atoms with Crippen LogP contribution < -0.4 is 0 Å². The molecule has 0 radical (unpaired) electrons. The molecule has 0 spiro atoms. The minimum Gasteiger partial charge on any atom is -0.396 e. The van der Waals surface area contributed by atoms with Gasteiger partial charge in [-0.3, -0.25) is 0 Å². The largest absolute Gasteiger partial charge is 0.396 e. The van der Waals surface area contributed by atoms with Crippen LogP contribution in [0.3, 0.4) is 0 Å². The van der Waals surface area contributed by atoms with Gasteiger partial charge in [0.25, 0.3) is 0 Å². The lowest BCUT2D eigenvalue weighted by molar-refractivity contribution is 0.234. The third kappa shape index (κ3) is 0.878. The van der Waals surface area contributed by atoms with Gasteiger partial charge >= 0.3 is 0 Å². The highest BCUT2D eigenvalue weighted by Gasteiger charge is 2.40. The predicted molar refractivity (Wildman–Crippen MR) is 40.6 cm³/mol. The highest BCUT2D eigenvalue weighted by atomic mass is 16.3. The van der Waals surface area contributed by atoms with E-state index in [2.05, 4.69) is 0 Å². The van der Waals surface area contributed by atoms with Crippen molar-refractivity contribution < 1.29 is 5.11 Å². The molecule has 0 unspecified atom stereocenters. The van der Waals surface area contributed by atoms with Crippen molar-refractivity contribution in [2.75, 3.05) is 6.61 Å². The molecule has 2 saturated carbocycles. The fraction of sp³-hybridized carbons (Fsp3) is 1.00. The molecule has 1 N–H and O–H groups in total. The molecule has 2 bridgehead atoms. The first-order valence-corrected chi connectivity index (χ1v) is 4.52. The maximum Gasteiger partial charge on any atom is 0.0433 e. The topological polar surface area (TPSA) is 20.2 Å². The molecule has 2 rings (SSSR count). The lowest BCUT2D eigenvalue weighted by Crippen LogP contribution is -2.07. The summed E-state index contributed by atoms with van der Waals surface area (Å²) in [6.07, 6.45) is 6.89. The van der Waals surface area contributed by atoms with Gasteiger partial charge in [0, 0.05) is 6.61 Å². The summed E-state index contributed by atoms with van der Waals surface area (Å²) in [5.74, 6) is 2.90. The normalized spacial score (nSPS) is 44.7. The molecule has 0 aliphatic heterocycles. The van der Waals surface area contributed by atoms with Gasteiger partial charge in [-0.05, 0) is 49.9 Å². The van der Waals surface area contributed by atoms with Gasteiger partial charge in [-0.1, -0.05) is 0 Å². The van der Waals surface area contributed by atoms with Crippen LogP contribution in [-0.2, 0) is 0 Å². The predicted octanol–water partition coefficient (Wildman–Crippen LogP) is 1.80. The number of aliphatic hydroxyl groups excluding tert-OH is 1. The second-order valence-electron chi connectivity index (χ2n) is 3.85. The van der Waals surface area contributed by atoms with E-state index >= 15 is 0 Å². The van der Waals surface area contributed by atoms with Gasteiger partial charge < -0.3 is 5.11 Å². The molecule has 0 heterocycles. The fourth-order valence-corrected chi connectivity index (χ4v) is 3.01. The molecule has 2 fully saturated rings. The summed E-state index contributed by atoms with van der Waals surface area (Å²) in [5.41, 5.74) is 0. The Kier molecular flexibility index (Phi) is 1.69. The van der Waals surface area contributed by atoms with E-state index in [1.807, 2.05) is 0 Å². The number of aliphatic hydroxyl groups is 1. The van der Waals surface area contributed by atoms with Gasteiger partial charge in [-0.25, -0.2) is 0 Å². The molecule has 2 aliphatic rings. The lowest BCUT2D eigenvalue weighted by atomic mass is 9.95.